The molecule has 0 aliphatic heterocycles. The average Bonchev–Trinajstić information content (AvgIpc) is 2.95. The number of anilines is 2. The van der Waals surface area contributed by atoms with Crippen molar-refractivity contribution in [2.45, 2.75) is 6.92 Å². The molecule has 12 N–H and O–H groups in total. The third-order valence-electron chi connectivity index (χ3n) is 6.06. The molecule has 1 amide bonds. The molecule has 3 aromatic rings. The van der Waals surface area contributed by atoms with Gasteiger partial charge in [-0.1, -0.05) is 0 Å². The van der Waals surface area contributed by atoms with Crippen LogP contribution in [-0.2, 0) is 0 Å². The summed E-state index contributed by atoms with van der Waals surface area (Å²) in [6, 6.07) is 10.2. The number of pyridine rings is 1. The van der Waals surface area contributed by atoms with Crippen molar-refractivity contribution in [2.24, 2.45) is 23.2 Å². The summed E-state index contributed by atoms with van der Waals surface area (Å²) in [5, 5.41) is 40.3. The molecule has 15 nitrogen and oxygen atoms in total. The number of rotatable bonds is 10. The lowest BCUT2D eigenvalue weighted by Crippen LogP contribution is -2.28. The van der Waals surface area contributed by atoms with Gasteiger partial charge in [0.1, 0.15) is 22.6 Å². The molecule has 1 heterocycles. The maximum atomic E-state index is 13.0. The zero-order chi connectivity index (χ0) is 31.3. The number of amides is 1. The fraction of sp³-hybridized carbons (Fsp3) is 0.111. The Kier molecular flexibility index (Phi) is 9.21. The molecule has 0 unspecified atom stereocenters. The Bertz CT molecular complexity index is 1500. The van der Waals surface area contributed by atoms with Gasteiger partial charge in [-0.15, -0.1) is 0 Å². The average molecular weight is 579 g/mol. The monoisotopic (exact) mass is 578 g/mol. The Labute approximate surface area is 239 Å². The van der Waals surface area contributed by atoms with E-state index in [2.05, 4.69) is 4.98 Å². The number of benzene rings is 2. The summed E-state index contributed by atoms with van der Waals surface area (Å²) in [4.78, 5) is 41.2. The van der Waals surface area contributed by atoms with E-state index in [-0.39, 0.29) is 56.8 Å². The molecule has 0 aliphatic carbocycles. The van der Waals surface area contributed by atoms with Gasteiger partial charge in [-0.25, -0.2) is 26.3 Å². The number of nitrogens with two attached hydrogens (primary N) is 4. The summed E-state index contributed by atoms with van der Waals surface area (Å²) >= 11 is 0. The van der Waals surface area contributed by atoms with Crippen LogP contribution in [-0.4, -0.2) is 61.7 Å². The fourth-order valence-electron chi connectivity index (χ4n) is 3.62. The predicted octanol–water partition coefficient (Wildman–Crippen LogP) is 1.26. The lowest BCUT2D eigenvalue weighted by atomic mass is 10.1. The Morgan fingerprint density at radius 1 is 0.786 bits per heavy atom. The van der Waals surface area contributed by atoms with E-state index in [9.17, 15) is 24.6 Å². The topological polar surface area (TPSA) is 259 Å². The normalized spacial score (nSPS) is 11.6. The second kappa shape index (κ2) is 12.6. The lowest BCUT2D eigenvalue weighted by molar-refractivity contribution is 0.0682. The van der Waals surface area contributed by atoms with Crippen LogP contribution < -0.4 is 33.2 Å². The first-order chi connectivity index (χ1) is 19.7. The largest absolute Gasteiger partial charge is 0.507 e. The van der Waals surface area contributed by atoms with E-state index in [1.165, 1.54) is 53.7 Å². The first-order valence-corrected chi connectivity index (χ1v) is 12.2. The first kappa shape index (κ1) is 30.7. The first-order valence-electron chi connectivity index (χ1n) is 12.2. The van der Waals surface area contributed by atoms with Gasteiger partial charge >= 0.3 is 11.9 Å². The Morgan fingerprint density at radius 2 is 1.19 bits per heavy atom. The van der Waals surface area contributed by atoms with Crippen molar-refractivity contribution in [3.63, 3.8) is 0 Å². The van der Waals surface area contributed by atoms with Crippen molar-refractivity contribution in [2.75, 3.05) is 23.6 Å². The highest BCUT2D eigenvalue weighted by atomic mass is 16.4. The number of aromatic nitrogens is 1. The van der Waals surface area contributed by atoms with Crippen molar-refractivity contribution in [3.8, 4) is 11.5 Å². The van der Waals surface area contributed by atoms with Crippen LogP contribution in [0.25, 0.3) is 11.4 Å². The van der Waals surface area contributed by atoms with Crippen LogP contribution in [0.1, 0.15) is 49.4 Å². The molecule has 2 aromatic carbocycles. The summed E-state index contributed by atoms with van der Waals surface area (Å²) in [6.07, 6.45) is 2.50. The number of carbonyl (C=O) groups is 3. The van der Waals surface area contributed by atoms with E-state index in [0.29, 0.717) is 6.54 Å². The van der Waals surface area contributed by atoms with Gasteiger partial charge in [0.25, 0.3) is 5.91 Å². The summed E-state index contributed by atoms with van der Waals surface area (Å²) in [7, 11) is 1.60. The zero-order valence-electron chi connectivity index (χ0n) is 22.6. The van der Waals surface area contributed by atoms with Gasteiger partial charge in [0, 0.05) is 43.7 Å². The molecule has 0 bridgehead atoms. The van der Waals surface area contributed by atoms with E-state index in [4.69, 9.17) is 33.4 Å². The van der Waals surface area contributed by atoms with Crippen molar-refractivity contribution >= 4 is 40.6 Å². The van der Waals surface area contributed by atoms with Crippen LogP contribution in [0, 0.1) is 0 Å². The van der Waals surface area contributed by atoms with Gasteiger partial charge < -0.3 is 36.8 Å². The second-order valence-corrected chi connectivity index (χ2v) is 8.94. The lowest BCUT2D eigenvalue weighted by Gasteiger charge is -2.19. The predicted molar refractivity (Wildman–Crippen MR) is 155 cm³/mol. The van der Waals surface area contributed by atoms with Crippen molar-refractivity contribution < 1.29 is 34.8 Å². The standard InChI is InChI=1S/C27H30N8O7/c1-3-33(2)25(38)14-8-21(19(28)12-34(30)15-4-6-17(26(39)40)23(36)10-15)32-22(9-14)20(29)13-35(31)16-5-7-18(27(41)42)24(37)11-16/h4-13,36-37H,3,28-31H2,1-2H3,(H,39,40)(H,41,42)/b19-12-,20-13-. The van der Waals surface area contributed by atoms with Crippen molar-refractivity contribution in [1.82, 2.24) is 9.88 Å². The summed E-state index contributed by atoms with van der Waals surface area (Å²) < 4.78 is 0. The molecule has 0 fully saturated rings. The molecule has 3 rings (SSSR count). The molecule has 0 saturated carbocycles. The fourth-order valence-corrected chi connectivity index (χ4v) is 3.62. The number of hydrazine groups is 2. The Hall–Kier alpha value is -5.80. The quantitative estimate of drug-likeness (QED) is 0.124. The number of aromatic carboxylic acids is 2. The van der Waals surface area contributed by atoms with Crippen molar-refractivity contribution in [3.05, 3.63) is 89.0 Å². The highest BCUT2D eigenvalue weighted by molar-refractivity contribution is 5.96. The summed E-state index contributed by atoms with van der Waals surface area (Å²) in [6.45, 7) is 2.19. The zero-order valence-corrected chi connectivity index (χ0v) is 22.6. The van der Waals surface area contributed by atoms with E-state index in [1.54, 1.807) is 14.0 Å². The highest BCUT2D eigenvalue weighted by Crippen LogP contribution is 2.26. The second-order valence-electron chi connectivity index (χ2n) is 8.94. The highest BCUT2D eigenvalue weighted by Gasteiger charge is 2.18. The number of hydrogen-bond acceptors (Lipinski definition) is 12. The van der Waals surface area contributed by atoms with Crippen LogP contribution in [0.4, 0.5) is 11.4 Å². The Balaban J connectivity index is 2.03. The van der Waals surface area contributed by atoms with E-state index < -0.39 is 23.4 Å². The van der Waals surface area contributed by atoms with Gasteiger partial charge in [0.05, 0.1) is 34.2 Å². The molecule has 0 spiro atoms. The van der Waals surface area contributed by atoms with E-state index in [1.807, 2.05) is 0 Å². The molecule has 1 aromatic heterocycles. The molecule has 15 heteroatoms. The maximum Gasteiger partial charge on any atom is 0.339 e. The molecule has 0 aliphatic rings. The molecule has 0 radical (unpaired) electrons. The molecule has 0 saturated heterocycles. The molecule has 42 heavy (non-hydrogen) atoms. The molecular formula is C27H30N8O7. The van der Waals surface area contributed by atoms with Crippen LogP contribution in [0.5, 0.6) is 11.5 Å². The number of carboxylic acid groups (broad SMARTS) is 2. The minimum Gasteiger partial charge on any atom is -0.507 e. The molecular weight excluding hydrogens is 548 g/mol. The van der Waals surface area contributed by atoms with Crippen LogP contribution in [0.2, 0.25) is 0 Å². The maximum absolute atomic E-state index is 13.0. The smallest absolute Gasteiger partial charge is 0.339 e. The van der Waals surface area contributed by atoms with E-state index in [0.717, 1.165) is 22.2 Å². The van der Waals surface area contributed by atoms with E-state index >= 15 is 0 Å². The minimum absolute atomic E-state index is 0.0130. The summed E-state index contributed by atoms with van der Waals surface area (Å²) in [5.74, 6) is 8.12. The third-order valence-corrected chi connectivity index (χ3v) is 6.06. The SMILES string of the molecule is CCN(C)C(=O)c1cc(/C(N)=C/N(N)c2ccc(C(=O)O)c(O)c2)nc(/C(N)=C/N(N)c2ccc(C(=O)O)c(O)c2)c1. The number of hydrogen-bond donors (Lipinski definition) is 8. The van der Waals surface area contributed by atoms with Crippen molar-refractivity contribution in [1.29, 1.82) is 0 Å². The number of nitrogens with zero attached hydrogens (tertiary/aromatic N) is 4. The van der Waals surface area contributed by atoms with Gasteiger partial charge in [0.2, 0.25) is 0 Å². The number of carbonyl (C=O) groups excluding carboxylic acids is 1. The van der Waals surface area contributed by atoms with Crippen LogP contribution >= 0.6 is 0 Å². The van der Waals surface area contributed by atoms with Crippen LogP contribution in [0.3, 0.4) is 0 Å². The Morgan fingerprint density at radius 3 is 1.52 bits per heavy atom. The molecule has 0 atom stereocenters. The van der Waals surface area contributed by atoms with Gasteiger partial charge in [-0.3, -0.25) is 14.8 Å². The number of carboxylic acids is 2. The van der Waals surface area contributed by atoms with Gasteiger partial charge in [-0.2, -0.15) is 0 Å². The minimum atomic E-state index is -1.32. The summed E-state index contributed by atoms with van der Waals surface area (Å²) in [5.41, 5.74) is 12.7. The van der Waals surface area contributed by atoms with Gasteiger partial charge in [0.15, 0.2) is 0 Å². The molecule has 220 valence electrons. The third kappa shape index (κ3) is 6.85. The number of phenols is 2. The number of aromatic hydroxyl groups is 2. The van der Waals surface area contributed by atoms with Crippen LogP contribution in [0.15, 0.2) is 60.9 Å². The van der Waals surface area contributed by atoms with Gasteiger partial charge in [-0.05, 0) is 43.3 Å².